The van der Waals surface area contributed by atoms with Gasteiger partial charge in [-0.2, -0.15) is 4.98 Å². The smallest absolute Gasteiger partial charge is 0.225 e. The van der Waals surface area contributed by atoms with Crippen molar-refractivity contribution in [2.45, 2.75) is 12.1 Å². The summed E-state index contributed by atoms with van der Waals surface area (Å²) in [6.45, 7) is -0.804. The predicted octanol–water partition coefficient (Wildman–Crippen LogP) is 4.44. The molecular weight excluding hydrogens is 504 g/mol. The van der Waals surface area contributed by atoms with Crippen molar-refractivity contribution in [2.75, 3.05) is 42.8 Å². The maximum absolute atomic E-state index is 14.9. The first-order valence-corrected chi connectivity index (χ1v) is 11.6. The summed E-state index contributed by atoms with van der Waals surface area (Å²) < 4.78 is 63.5. The quantitative estimate of drug-likeness (QED) is 0.339. The first-order chi connectivity index (χ1) is 18.2. The molecule has 0 saturated carbocycles. The van der Waals surface area contributed by atoms with Crippen molar-refractivity contribution in [2.24, 2.45) is 7.05 Å². The average Bonchev–Trinajstić information content (AvgIpc) is 3.48. The van der Waals surface area contributed by atoms with Crippen LogP contribution in [0.1, 0.15) is 6.42 Å². The minimum absolute atomic E-state index is 0.00126. The largest absolute Gasteiger partial charge is 0.496 e. The number of nitrogens with zero attached hydrogens (tertiary/aromatic N) is 6. The van der Waals surface area contributed by atoms with Crippen molar-refractivity contribution >= 4 is 23.3 Å². The van der Waals surface area contributed by atoms with Crippen LogP contribution in [-0.2, 0) is 7.05 Å². The molecule has 4 heterocycles. The summed E-state index contributed by atoms with van der Waals surface area (Å²) in [5.74, 6) is -0.354. The molecule has 4 aromatic rings. The van der Waals surface area contributed by atoms with Gasteiger partial charge >= 0.3 is 0 Å². The Hall–Kier alpha value is -4.42. The van der Waals surface area contributed by atoms with E-state index in [2.05, 4.69) is 25.4 Å². The van der Waals surface area contributed by atoms with E-state index in [9.17, 15) is 17.6 Å². The van der Waals surface area contributed by atoms with E-state index in [0.717, 1.165) is 0 Å². The number of nitrogens with one attached hydrogen (secondary N) is 1. The first-order valence-electron chi connectivity index (χ1n) is 11.6. The number of nitrogens with two attached hydrogens (primary N) is 1. The van der Waals surface area contributed by atoms with Gasteiger partial charge in [0.1, 0.15) is 24.1 Å². The molecule has 0 amide bonds. The van der Waals surface area contributed by atoms with Gasteiger partial charge in [0.2, 0.25) is 5.95 Å². The lowest BCUT2D eigenvalue weighted by Crippen LogP contribution is -2.31. The molecule has 0 spiro atoms. The van der Waals surface area contributed by atoms with E-state index in [0.29, 0.717) is 35.3 Å². The molecule has 0 bridgehead atoms. The number of alkyl halides is 2. The minimum Gasteiger partial charge on any atom is -0.496 e. The van der Waals surface area contributed by atoms with Gasteiger partial charge in [-0.15, -0.1) is 5.10 Å². The van der Waals surface area contributed by atoms with E-state index in [4.69, 9.17) is 10.5 Å². The fourth-order valence-electron chi connectivity index (χ4n) is 4.29. The molecule has 1 unspecified atom stereocenters. The average molecular weight is 529 g/mol. The summed E-state index contributed by atoms with van der Waals surface area (Å²) in [6.07, 6.45) is 2.89. The fourth-order valence-corrected chi connectivity index (χ4v) is 4.29. The zero-order chi connectivity index (χ0) is 27.0. The van der Waals surface area contributed by atoms with Crippen LogP contribution in [0.2, 0.25) is 0 Å². The molecule has 1 aliphatic heterocycles. The summed E-state index contributed by atoms with van der Waals surface area (Å²) in [5.41, 5.74) is 4.48. The third-order valence-corrected chi connectivity index (χ3v) is 6.37. The normalized spacial score (nSPS) is 17.2. The molecule has 1 aliphatic rings. The summed E-state index contributed by atoms with van der Waals surface area (Å²) in [5, 5.41) is 7.38. The summed E-state index contributed by atoms with van der Waals surface area (Å²) >= 11 is 0. The number of anilines is 4. The van der Waals surface area contributed by atoms with Gasteiger partial charge in [0.15, 0.2) is 23.1 Å². The lowest BCUT2D eigenvalue weighted by Gasteiger charge is -2.20. The SMILES string of the molecule is COc1cc(N2CCC(F)(CF)C2)ncc1-c1nc(Nc2ccc(-c3ccnc(N)c3F)c(F)c2)n(C)n1. The maximum Gasteiger partial charge on any atom is 0.225 e. The summed E-state index contributed by atoms with van der Waals surface area (Å²) in [4.78, 5) is 14.2. The Bertz CT molecular complexity index is 1500. The van der Waals surface area contributed by atoms with E-state index in [1.54, 1.807) is 24.1 Å². The zero-order valence-corrected chi connectivity index (χ0v) is 20.6. The number of methoxy groups -OCH3 is 1. The third-order valence-electron chi connectivity index (χ3n) is 6.37. The number of nitrogen functional groups attached to an aromatic ring is 1. The van der Waals surface area contributed by atoms with Crippen molar-refractivity contribution in [3.8, 4) is 28.3 Å². The number of rotatable bonds is 7. The maximum atomic E-state index is 14.9. The Labute approximate surface area is 215 Å². The molecule has 9 nitrogen and oxygen atoms in total. The van der Waals surface area contributed by atoms with Gasteiger partial charge in [-0.1, -0.05) is 0 Å². The van der Waals surface area contributed by atoms with Crippen LogP contribution in [0.4, 0.5) is 40.8 Å². The Morgan fingerprint density at radius 2 is 1.95 bits per heavy atom. The Kier molecular flexibility index (Phi) is 6.51. The molecule has 1 saturated heterocycles. The van der Waals surface area contributed by atoms with E-state index < -0.39 is 24.0 Å². The van der Waals surface area contributed by atoms with Crippen molar-refractivity contribution in [1.29, 1.82) is 0 Å². The third kappa shape index (κ3) is 4.66. The molecule has 3 aromatic heterocycles. The van der Waals surface area contributed by atoms with Crippen LogP contribution in [0.3, 0.4) is 0 Å². The molecule has 38 heavy (non-hydrogen) atoms. The van der Waals surface area contributed by atoms with Crippen LogP contribution >= 0.6 is 0 Å². The van der Waals surface area contributed by atoms with Crippen molar-refractivity contribution in [1.82, 2.24) is 24.7 Å². The highest BCUT2D eigenvalue weighted by Gasteiger charge is 2.39. The topological polar surface area (TPSA) is 107 Å². The zero-order valence-electron chi connectivity index (χ0n) is 20.6. The van der Waals surface area contributed by atoms with Gasteiger partial charge in [0.25, 0.3) is 0 Å². The summed E-state index contributed by atoms with van der Waals surface area (Å²) in [7, 11) is 3.12. The monoisotopic (exact) mass is 528 g/mol. The van der Waals surface area contributed by atoms with Gasteiger partial charge in [0, 0.05) is 55.3 Å². The van der Waals surface area contributed by atoms with Crippen molar-refractivity contribution in [3.63, 3.8) is 0 Å². The van der Waals surface area contributed by atoms with Crippen LogP contribution in [0.15, 0.2) is 42.7 Å². The van der Waals surface area contributed by atoms with E-state index in [-0.39, 0.29) is 35.7 Å². The highest BCUT2D eigenvalue weighted by Crippen LogP contribution is 2.35. The van der Waals surface area contributed by atoms with Crippen molar-refractivity contribution in [3.05, 3.63) is 54.4 Å². The lowest BCUT2D eigenvalue weighted by atomic mass is 10.1. The van der Waals surface area contributed by atoms with Gasteiger partial charge in [-0.05, 0) is 24.3 Å². The highest BCUT2D eigenvalue weighted by atomic mass is 19.2. The standard InChI is InChI=1S/C25H24F4N8O/c1-36-24(33-14-3-4-15(18(27)9-14)16-5-7-31-22(30)21(16)28)34-23(35-36)17-11-32-20(10-19(17)38-2)37-8-6-25(29,12-26)13-37/h3-5,7,9-11H,6,8,12-13H2,1-2H3,(H2,30,31)(H,33,34,35). The van der Waals surface area contributed by atoms with Gasteiger partial charge in [-0.3, -0.25) is 0 Å². The van der Waals surface area contributed by atoms with Crippen LogP contribution in [0.25, 0.3) is 22.5 Å². The van der Waals surface area contributed by atoms with Gasteiger partial charge in [0.05, 0.1) is 19.2 Å². The molecule has 5 rings (SSSR count). The molecular formula is C25H24F4N8O. The van der Waals surface area contributed by atoms with Crippen LogP contribution < -0.4 is 20.7 Å². The second kappa shape index (κ2) is 9.80. The number of pyridine rings is 2. The molecule has 1 aromatic carbocycles. The second-order valence-corrected chi connectivity index (χ2v) is 8.96. The molecule has 3 N–H and O–H groups in total. The number of hydrogen-bond donors (Lipinski definition) is 2. The Morgan fingerprint density at radius 3 is 2.66 bits per heavy atom. The number of hydrogen-bond acceptors (Lipinski definition) is 8. The van der Waals surface area contributed by atoms with E-state index in [1.165, 1.54) is 42.4 Å². The lowest BCUT2D eigenvalue weighted by molar-refractivity contribution is 0.145. The molecule has 198 valence electrons. The Morgan fingerprint density at radius 1 is 1.13 bits per heavy atom. The first kappa shape index (κ1) is 25.2. The predicted molar refractivity (Wildman–Crippen MR) is 135 cm³/mol. The molecule has 13 heteroatoms. The van der Waals surface area contributed by atoms with Crippen LogP contribution in [-0.4, -0.2) is 57.3 Å². The molecule has 0 aliphatic carbocycles. The number of halogens is 4. The van der Waals surface area contributed by atoms with E-state index >= 15 is 0 Å². The minimum atomic E-state index is -1.88. The van der Waals surface area contributed by atoms with Crippen LogP contribution in [0.5, 0.6) is 5.75 Å². The number of aryl methyl sites for hydroxylation is 1. The van der Waals surface area contributed by atoms with Gasteiger partial charge in [-0.25, -0.2) is 32.2 Å². The number of benzene rings is 1. The van der Waals surface area contributed by atoms with Crippen molar-refractivity contribution < 1.29 is 22.3 Å². The second-order valence-electron chi connectivity index (χ2n) is 8.96. The van der Waals surface area contributed by atoms with E-state index in [1.807, 2.05) is 0 Å². The molecule has 0 radical (unpaired) electrons. The fraction of sp³-hybridized carbons (Fsp3) is 0.280. The molecule has 1 atom stereocenters. The highest BCUT2D eigenvalue weighted by molar-refractivity contribution is 5.71. The number of ether oxygens (including phenoxy) is 1. The van der Waals surface area contributed by atoms with Crippen LogP contribution in [0, 0.1) is 11.6 Å². The molecule has 1 fully saturated rings. The summed E-state index contributed by atoms with van der Waals surface area (Å²) in [6, 6.07) is 7.17. The Balaban J connectivity index is 1.38. The van der Waals surface area contributed by atoms with Gasteiger partial charge < -0.3 is 20.7 Å². The number of aromatic nitrogens is 5.